The highest BCUT2D eigenvalue weighted by Crippen LogP contribution is 2.37. The molecule has 27 heavy (non-hydrogen) atoms. The van der Waals surface area contributed by atoms with Crippen LogP contribution in [0, 0.1) is 0 Å². The van der Waals surface area contributed by atoms with Gasteiger partial charge in [0, 0.05) is 34.7 Å². The van der Waals surface area contributed by atoms with Crippen LogP contribution in [0.3, 0.4) is 0 Å². The molecule has 5 heteroatoms. The van der Waals surface area contributed by atoms with E-state index in [1.54, 1.807) is 14.2 Å². The lowest BCUT2D eigenvalue weighted by molar-refractivity contribution is 0.305. The van der Waals surface area contributed by atoms with Gasteiger partial charge in [0.1, 0.15) is 18.2 Å². The summed E-state index contributed by atoms with van der Waals surface area (Å²) in [6.45, 7) is -0.160. The summed E-state index contributed by atoms with van der Waals surface area (Å²) < 4.78 is 10.8. The molecule has 0 fully saturated rings. The minimum absolute atomic E-state index is 0.160. The number of anilines is 2. The first-order chi connectivity index (χ1) is 13.2. The van der Waals surface area contributed by atoms with Gasteiger partial charge in [0.2, 0.25) is 0 Å². The SMILES string of the molecule is COc1ccc2cc3c(N(CO)c4ccccc4)cc(OC)cc3nc2c1. The van der Waals surface area contributed by atoms with Crippen LogP contribution in [0.15, 0.2) is 66.7 Å². The largest absolute Gasteiger partial charge is 0.497 e. The number of pyridine rings is 1. The van der Waals surface area contributed by atoms with Crippen LogP contribution in [-0.2, 0) is 0 Å². The number of nitrogens with zero attached hydrogens (tertiary/aromatic N) is 2. The second-order valence-corrected chi connectivity index (χ2v) is 6.17. The molecule has 1 aromatic heterocycles. The number of hydrogen-bond acceptors (Lipinski definition) is 5. The zero-order valence-corrected chi connectivity index (χ0v) is 15.2. The van der Waals surface area contributed by atoms with Crippen molar-refractivity contribution in [2.24, 2.45) is 0 Å². The maximum atomic E-state index is 10.1. The highest BCUT2D eigenvalue weighted by molar-refractivity contribution is 6.01. The molecule has 4 rings (SSSR count). The zero-order chi connectivity index (χ0) is 18.8. The molecule has 0 saturated carbocycles. The summed E-state index contributed by atoms with van der Waals surface area (Å²) >= 11 is 0. The van der Waals surface area contributed by atoms with E-state index in [2.05, 4.69) is 6.07 Å². The molecule has 1 heterocycles. The number of hydrogen-bond donors (Lipinski definition) is 1. The Bertz CT molecular complexity index is 1100. The van der Waals surface area contributed by atoms with Crippen LogP contribution in [-0.4, -0.2) is 31.0 Å². The molecule has 0 saturated heterocycles. The third kappa shape index (κ3) is 3.13. The highest BCUT2D eigenvalue weighted by Gasteiger charge is 2.15. The van der Waals surface area contributed by atoms with Crippen LogP contribution >= 0.6 is 0 Å². The topological polar surface area (TPSA) is 54.8 Å². The molecule has 4 aromatic rings. The van der Waals surface area contributed by atoms with Crippen LogP contribution in [0.2, 0.25) is 0 Å². The molecule has 3 aromatic carbocycles. The van der Waals surface area contributed by atoms with Gasteiger partial charge in [-0.1, -0.05) is 18.2 Å². The predicted molar refractivity (Wildman–Crippen MR) is 108 cm³/mol. The van der Waals surface area contributed by atoms with Gasteiger partial charge in [0.25, 0.3) is 0 Å². The number of aliphatic hydroxyl groups is 1. The summed E-state index contributed by atoms with van der Waals surface area (Å²) in [7, 11) is 3.27. The van der Waals surface area contributed by atoms with Crippen molar-refractivity contribution in [3.63, 3.8) is 0 Å². The van der Waals surface area contributed by atoms with Gasteiger partial charge in [-0.25, -0.2) is 4.98 Å². The number of methoxy groups -OCH3 is 2. The average Bonchev–Trinajstić information content (AvgIpc) is 2.73. The molecule has 0 amide bonds. The normalized spacial score (nSPS) is 10.9. The molecule has 136 valence electrons. The van der Waals surface area contributed by atoms with Gasteiger partial charge in [-0.2, -0.15) is 0 Å². The molecule has 0 atom stereocenters. The van der Waals surface area contributed by atoms with E-state index in [-0.39, 0.29) is 6.73 Å². The van der Waals surface area contributed by atoms with Crippen LogP contribution < -0.4 is 14.4 Å². The van der Waals surface area contributed by atoms with E-state index in [0.717, 1.165) is 38.9 Å². The standard InChI is InChI=1S/C22H20N2O3/c1-26-17-9-8-15-10-19-21(23-20(15)11-17)12-18(27-2)13-22(19)24(14-25)16-6-4-3-5-7-16/h3-13,25H,14H2,1-2H3. The van der Waals surface area contributed by atoms with E-state index < -0.39 is 0 Å². The van der Waals surface area contributed by atoms with Crippen molar-refractivity contribution in [2.75, 3.05) is 25.9 Å². The molecule has 0 radical (unpaired) electrons. The molecular formula is C22H20N2O3. The highest BCUT2D eigenvalue weighted by atomic mass is 16.5. The van der Waals surface area contributed by atoms with E-state index in [4.69, 9.17) is 14.5 Å². The van der Waals surface area contributed by atoms with Crippen LogP contribution in [0.1, 0.15) is 0 Å². The molecule has 0 spiro atoms. The fourth-order valence-corrected chi connectivity index (χ4v) is 3.24. The van der Waals surface area contributed by atoms with Crippen LogP contribution in [0.4, 0.5) is 11.4 Å². The first-order valence-electron chi connectivity index (χ1n) is 8.63. The fraction of sp³-hybridized carbons (Fsp3) is 0.136. The summed E-state index contributed by atoms with van der Waals surface area (Å²) in [5, 5.41) is 12.0. The second kappa shape index (κ2) is 7.13. The summed E-state index contributed by atoms with van der Waals surface area (Å²) in [4.78, 5) is 6.63. The van der Waals surface area contributed by atoms with Crippen molar-refractivity contribution in [3.05, 3.63) is 66.7 Å². The van der Waals surface area contributed by atoms with E-state index >= 15 is 0 Å². The van der Waals surface area contributed by atoms with E-state index in [1.165, 1.54) is 0 Å². The maximum absolute atomic E-state index is 10.1. The Labute approximate surface area is 157 Å². The Balaban J connectivity index is 1.99. The Morgan fingerprint density at radius 3 is 2.30 bits per heavy atom. The Morgan fingerprint density at radius 1 is 0.852 bits per heavy atom. The van der Waals surface area contributed by atoms with Crippen molar-refractivity contribution in [1.82, 2.24) is 4.98 Å². The van der Waals surface area contributed by atoms with Gasteiger partial charge in [0.15, 0.2) is 0 Å². The van der Waals surface area contributed by atoms with Crippen molar-refractivity contribution in [1.29, 1.82) is 0 Å². The van der Waals surface area contributed by atoms with E-state index in [1.807, 2.05) is 65.6 Å². The first kappa shape index (κ1) is 17.1. The lowest BCUT2D eigenvalue weighted by Gasteiger charge is -2.24. The van der Waals surface area contributed by atoms with Gasteiger partial charge >= 0.3 is 0 Å². The number of fused-ring (bicyclic) bond motifs is 2. The molecule has 0 bridgehead atoms. The Hall–Kier alpha value is -3.31. The van der Waals surface area contributed by atoms with Crippen molar-refractivity contribution in [3.8, 4) is 11.5 Å². The van der Waals surface area contributed by atoms with E-state index in [0.29, 0.717) is 5.75 Å². The number of aliphatic hydroxyl groups excluding tert-OH is 1. The third-order valence-electron chi connectivity index (χ3n) is 4.62. The van der Waals surface area contributed by atoms with Crippen molar-refractivity contribution in [2.45, 2.75) is 0 Å². The predicted octanol–water partition coefficient (Wildman–Crippen LogP) is 4.49. The molecule has 5 nitrogen and oxygen atoms in total. The second-order valence-electron chi connectivity index (χ2n) is 6.17. The minimum atomic E-state index is -0.160. The summed E-state index contributed by atoms with van der Waals surface area (Å²) in [5.74, 6) is 1.44. The monoisotopic (exact) mass is 360 g/mol. The van der Waals surface area contributed by atoms with Crippen molar-refractivity contribution >= 4 is 33.2 Å². The summed E-state index contributed by atoms with van der Waals surface area (Å²) in [5.41, 5.74) is 3.36. The molecule has 0 unspecified atom stereocenters. The Morgan fingerprint density at radius 2 is 1.59 bits per heavy atom. The molecular weight excluding hydrogens is 340 g/mol. The smallest absolute Gasteiger partial charge is 0.123 e. The van der Waals surface area contributed by atoms with Gasteiger partial charge in [0.05, 0.1) is 30.9 Å². The fourth-order valence-electron chi connectivity index (χ4n) is 3.24. The number of rotatable bonds is 5. The number of para-hydroxylation sites is 1. The molecule has 0 aliphatic carbocycles. The molecule has 0 aliphatic rings. The van der Waals surface area contributed by atoms with Crippen LogP contribution in [0.25, 0.3) is 21.8 Å². The first-order valence-corrected chi connectivity index (χ1v) is 8.63. The Kier molecular flexibility index (Phi) is 4.52. The summed E-state index contributed by atoms with van der Waals surface area (Å²) in [6, 6.07) is 21.5. The maximum Gasteiger partial charge on any atom is 0.123 e. The van der Waals surface area contributed by atoms with Gasteiger partial charge in [-0.3, -0.25) is 0 Å². The van der Waals surface area contributed by atoms with Gasteiger partial charge in [-0.05, 0) is 30.3 Å². The quantitative estimate of drug-likeness (QED) is 0.420. The number of aromatic nitrogens is 1. The minimum Gasteiger partial charge on any atom is -0.497 e. The molecule has 1 N–H and O–H groups in total. The van der Waals surface area contributed by atoms with Crippen molar-refractivity contribution < 1.29 is 14.6 Å². The van der Waals surface area contributed by atoms with E-state index in [9.17, 15) is 5.11 Å². The van der Waals surface area contributed by atoms with Gasteiger partial charge < -0.3 is 19.5 Å². The number of benzene rings is 3. The lowest BCUT2D eigenvalue weighted by atomic mass is 10.1. The number of ether oxygens (including phenoxy) is 2. The summed E-state index contributed by atoms with van der Waals surface area (Å²) in [6.07, 6.45) is 0. The zero-order valence-electron chi connectivity index (χ0n) is 15.2. The average molecular weight is 360 g/mol. The van der Waals surface area contributed by atoms with Gasteiger partial charge in [-0.15, -0.1) is 0 Å². The van der Waals surface area contributed by atoms with Crippen LogP contribution in [0.5, 0.6) is 11.5 Å². The lowest BCUT2D eigenvalue weighted by Crippen LogP contribution is -2.18. The molecule has 0 aliphatic heterocycles. The third-order valence-corrected chi connectivity index (χ3v) is 4.62.